The highest BCUT2D eigenvalue weighted by atomic mass is 127. The Balaban J connectivity index is 0.00000341. The number of rotatable bonds is 10. The molecule has 0 spiro atoms. The van der Waals surface area contributed by atoms with Gasteiger partial charge in [0, 0.05) is 39.4 Å². The number of nitrogens with zero attached hydrogens (tertiary/aromatic N) is 2. The molecule has 1 aromatic carbocycles. The van der Waals surface area contributed by atoms with Gasteiger partial charge in [0.25, 0.3) is 0 Å². The van der Waals surface area contributed by atoms with E-state index in [1.165, 1.54) is 11.1 Å². The number of ether oxygens (including phenoxy) is 3. The van der Waals surface area contributed by atoms with Crippen molar-refractivity contribution < 1.29 is 14.2 Å². The van der Waals surface area contributed by atoms with Gasteiger partial charge in [0.15, 0.2) is 5.96 Å². The molecular weight excluding hydrogens is 507 g/mol. The zero-order valence-corrected chi connectivity index (χ0v) is 21.3. The zero-order valence-electron chi connectivity index (χ0n) is 19.0. The summed E-state index contributed by atoms with van der Waals surface area (Å²) in [4.78, 5) is 7.40. The molecule has 0 amide bonds. The maximum Gasteiger partial charge on any atom is 0.191 e. The van der Waals surface area contributed by atoms with E-state index in [2.05, 4.69) is 53.6 Å². The number of halogens is 1. The van der Waals surface area contributed by atoms with Gasteiger partial charge in [0.1, 0.15) is 0 Å². The smallest absolute Gasteiger partial charge is 0.191 e. The fraction of sp³-hybridized carbons (Fsp3) is 0.696. The summed E-state index contributed by atoms with van der Waals surface area (Å²) >= 11 is 0. The number of hydrogen-bond donors (Lipinski definition) is 2. The molecule has 2 unspecified atom stereocenters. The molecule has 2 fully saturated rings. The van der Waals surface area contributed by atoms with Crippen molar-refractivity contribution in [3.8, 4) is 0 Å². The molecule has 2 atom stereocenters. The summed E-state index contributed by atoms with van der Waals surface area (Å²) in [6.07, 6.45) is 2.24. The van der Waals surface area contributed by atoms with Crippen LogP contribution in [0, 0.1) is 6.92 Å². The highest BCUT2D eigenvalue weighted by molar-refractivity contribution is 14.0. The Kier molecular flexibility index (Phi) is 12.7. The van der Waals surface area contributed by atoms with Crippen LogP contribution in [0.4, 0.5) is 0 Å². The molecular formula is C23H39IN4O3. The van der Waals surface area contributed by atoms with Gasteiger partial charge < -0.3 is 24.8 Å². The molecule has 0 bridgehead atoms. The average molecular weight is 546 g/mol. The van der Waals surface area contributed by atoms with E-state index in [1.54, 1.807) is 0 Å². The van der Waals surface area contributed by atoms with E-state index in [-0.39, 0.29) is 36.1 Å². The van der Waals surface area contributed by atoms with E-state index in [4.69, 9.17) is 19.2 Å². The predicted molar refractivity (Wildman–Crippen MR) is 136 cm³/mol. The van der Waals surface area contributed by atoms with E-state index in [1.807, 2.05) is 0 Å². The number of nitrogens with one attached hydrogen (secondary N) is 2. The number of hydrogen-bond acceptors (Lipinski definition) is 5. The molecule has 31 heavy (non-hydrogen) atoms. The van der Waals surface area contributed by atoms with Gasteiger partial charge in [-0.3, -0.25) is 9.89 Å². The molecule has 176 valence electrons. The molecule has 0 radical (unpaired) electrons. The largest absolute Gasteiger partial charge is 0.379 e. The lowest BCUT2D eigenvalue weighted by Gasteiger charge is -2.34. The maximum absolute atomic E-state index is 5.85. The second-order valence-corrected chi connectivity index (χ2v) is 7.93. The van der Waals surface area contributed by atoms with Crippen molar-refractivity contribution in [3.05, 3.63) is 35.4 Å². The molecule has 7 nitrogen and oxygen atoms in total. The molecule has 3 rings (SSSR count). The zero-order chi connectivity index (χ0) is 21.0. The summed E-state index contributed by atoms with van der Waals surface area (Å²) in [5.41, 5.74) is 2.60. The average Bonchev–Trinajstić information content (AvgIpc) is 3.29. The molecule has 2 N–H and O–H groups in total. The van der Waals surface area contributed by atoms with Crippen LogP contribution >= 0.6 is 24.0 Å². The Morgan fingerprint density at radius 1 is 1.16 bits per heavy atom. The number of morpholine rings is 1. The number of guanidine groups is 1. The van der Waals surface area contributed by atoms with Crippen LogP contribution in [0.15, 0.2) is 29.3 Å². The fourth-order valence-corrected chi connectivity index (χ4v) is 3.80. The summed E-state index contributed by atoms with van der Waals surface area (Å²) in [6.45, 7) is 12.4. The van der Waals surface area contributed by atoms with Gasteiger partial charge in [-0.2, -0.15) is 0 Å². The first-order chi connectivity index (χ1) is 14.8. The van der Waals surface area contributed by atoms with Crippen molar-refractivity contribution in [2.45, 2.75) is 38.8 Å². The standard InChI is InChI=1S/C23H38N4O3.HI/c1-3-24-23(25-10-4-13-30-21-9-14-29-18-21)26-17-22(27-11-15-28-16-12-27)20-7-5-19(2)6-8-20;/h5-8,21-22H,3-4,9-18H2,1-2H3,(H2,24,25,26);1H. The number of aryl methyl sites for hydroxylation is 1. The van der Waals surface area contributed by atoms with Crippen molar-refractivity contribution in [1.29, 1.82) is 0 Å². The molecule has 0 aromatic heterocycles. The minimum atomic E-state index is 0. The Morgan fingerprint density at radius 2 is 1.94 bits per heavy atom. The summed E-state index contributed by atoms with van der Waals surface area (Å²) in [6, 6.07) is 9.09. The van der Waals surface area contributed by atoms with Crippen molar-refractivity contribution in [2.75, 3.05) is 65.8 Å². The molecule has 2 aliphatic rings. The van der Waals surface area contributed by atoms with Crippen LogP contribution in [0.25, 0.3) is 0 Å². The van der Waals surface area contributed by atoms with Crippen LogP contribution in [0.5, 0.6) is 0 Å². The Hall–Kier alpha value is -0.940. The van der Waals surface area contributed by atoms with E-state index >= 15 is 0 Å². The first-order valence-electron chi connectivity index (χ1n) is 11.4. The van der Waals surface area contributed by atoms with E-state index in [0.29, 0.717) is 6.54 Å². The molecule has 2 aliphatic heterocycles. The Labute approximate surface area is 204 Å². The van der Waals surface area contributed by atoms with Crippen molar-refractivity contribution >= 4 is 29.9 Å². The third-order valence-corrected chi connectivity index (χ3v) is 5.57. The van der Waals surface area contributed by atoms with Crippen LogP contribution in [-0.4, -0.2) is 82.7 Å². The third-order valence-electron chi connectivity index (χ3n) is 5.57. The van der Waals surface area contributed by atoms with Crippen LogP contribution in [0.3, 0.4) is 0 Å². The SMILES string of the molecule is CCNC(=NCC(c1ccc(C)cc1)N1CCOCC1)NCCCOC1CCOC1.I. The molecule has 1 aromatic rings. The lowest BCUT2D eigenvalue weighted by atomic mass is 10.0. The summed E-state index contributed by atoms with van der Waals surface area (Å²) in [5, 5.41) is 6.82. The van der Waals surface area contributed by atoms with Gasteiger partial charge >= 0.3 is 0 Å². The van der Waals surface area contributed by atoms with Crippen molar-refractivity contribution in [1.82, 2.24) is 15.5 Å². The third kappa shape index (κ3) is 9.21. The van der Waals surface area contributed by atoms with Gasteiger partial charge in [-0.15, -0.1) is 24.0 Å². The minimum absolute atomic E-state index is 0. The van der Waals surface area contributed by atoms with E-state index in [9.17, 15) is 0 Å². The van der Waals surface area contributed by atoms with Crippen LogP contribution in [-0.2, 0) is 14.2 Å². The van der Waals surface area contributed by atoms with Crippen LogP contribution in [0.1, 0.15) is 36.9 Å². The minimum Gasteiger partial charge on any atom is -0.379 e. The van der Waals surface area contributed by atoms with Gasteiger partial charge in [0.2, 0.25) is 0 Å². The normalized spacial score (nSPS) is 20.8. The van der Waals surface area contributed by atoms with Crippen LogP contribution < -0.4 is 10.6 Å². The molecule has 2 saturated heterocycles. The number of benzene rings is 1. The van der Waals surface area contributed by atoms with Crippen molar-refractivity contribution in [2.24, 2.45) is 4.99 Å². The highest BCUT2D eigenvalue weighted by Crippen LogP contribution is 2.23. The monoisotopic (exact) mass is 546 g/mol. The lowest BCUT2D eigenvalue weighted by molar-refractivity contribution is 0.0179. The van der Waals surface area contributed by atoms with Crippen LogP contribution in [0.2, 0.25) is 0 Å². The Morgan fingerprint density at radius 3 is 2.61 bits per heavy atom. The first-order valence-corrected chi connectivity index (χ1v) is 11.4. The highest BCUT2D eigenvalue weighted by Gasteiger charge is 2.22. The lowest BCUT2D eigenvalue weighted by Crippen LogP contribution is -2.42. The predicted octanol–water partition coefficient (Wildman–Crippen LogP) is 2.74. The number of aliphatic imine (C=N–C) groups is 1. The molecule has 0 saturated carbocycles. The molecule has 2 heterocycles. The second-order valence-electron chi connectivity index (χ2n) is 7.93. The first kappa shape index (κ1) is 26.3. The summed E-state index contributed by atoms with van der Waals surface area (Å²) < 4.78 is 16.8. The van der Waals surface area contributed by atoms with Gasteiger partial charge in [0.05, 0.1) is 38.5 Å². The molecule has 0 aliphatic carbocycles. The topological polar surface area (TPSA) is 67.4 Å². The second kappa shape index (κ2) is 15.0. The van der Waals surface area contributed by atoms with Gasteiger partial charge in [-0.05, 0) is 32.3 Å². The quantitative estimate of drug-likeness (QED) is 0.204. The van der Waals surface area contributed by atoms with Crippen molar-refractivity contribution in [3.63, 3.8) is 0 Å². The van der Waals surface area contributed by atoms with E-state index in [0.717, 1.165) is 78.0 Å². The summed E-state index contributed by atoms with van der Waals surface area (Å²) in [7, 11) is 0. The van der Waals surface area contributed by atoms with E-state index < -0.39 is 0 Å². The fourth-order valence-electron chi connectivity index (χ4n) is 3.80. The molecule has 8 heteroatoms. The Bertz CT molecular complexity index is 632. The summed E-state index contributed by atoms with van der Waals surface area (Å²) in [5.74, 6) is 0.868. The van der Waals surface area contributed by atoms with Gasteiger partial charge in [-0.1, -0.05) is 29.8 Å². The van der Waals surface area contributed by atoms with Gasteiger partial charge in [-0.25, -0.2) is 0 Å². The maximum atomic E-state index is 5.85.